The van der Waals surface area contributed by atoms with Gasteiger partial charge in [-0.25, -0.2) is 4.98 Å². The van der Waals surface area contributed by atoms with Crippen LogP contribution in [0.1, 0.15) is 0 Å². The predicted molar refractivity (Wildman–Crippen MR) is 218 cm³/mol. The molecular weight excluding hydrogens is 640 g/mol. The quantitative estimate of drug-likeness (QED) is 0.0959. The largest absolute Gasteiger partial charge is 0.309 e. The summed E-state index contributed by atoms with van der Waals surface area (Å²) in [5.74, 6) is 0. The van der Waals surface area contributed by atoms with Crippen molar-refractivity contribution in [1.29, 1.82) is 0 Å². The lowest BCUT2D eigenvalue weighted by Gasteiger charge is -2.23. The van der Waals surface area contributed by atoms with E-state index in [1.54, 1.807) is 12.2 Å². The average molecular weight is 673 g/mol. The van der Waals surface area contributed by atoms with E-state index in [0.717, 1.165) is 71.2 Å². The zero-order chi connectivity index (χ0) is 34.5. The van der Waals surface area contributed by atoms with Gasteiger partial charge in [0.25, 0.3) is 0 Å². The van der Waals surface area contributed by atoms with E-state index < -0.39 is 7.14 Å². The van der Waals surface area contributed by atoms with E-state index in [1.807, 2.05) is 54.6 Å². The number of allylic oxidation sites excluding steroid dienone is 4. The van der Waals surface area contributed by atoms with Crippen molar-refractivity contribution in [2.45, 2.75) is 0 Å². The molecule has 9 aromatic rings. The molecule has 0 saturated heterocycles. The molecule has 51 heavy (non-hydrogen) atoms. The smallest absolute Gasteiger partial charge is 0.171 e. The molecule has 0 aliphatic carbocycles. The highest BCUT2D eigenvalue weighted by molar-refractivity contribution is 7.83. The molecule has 0 bridgehead atoms. The van der Waals surface area contributed by atoms with Crippen molar-refractivity contribution in [3.8, 4) is 22.3 Å². The van der Waals surface area contributed by atoms with Gasteiger partial charge in [0.2, 0.25) is 0 Å². The number of pyridine rings is 1. The summed E-state index contributed by atoms with van der Waals surface area (Å²) >= 11 is 0. The number of para-hydroxylation sites is 2. The Morgan fingerprint density at radius 1 is 0.569 bits per heavy atom. The summed E-state index contributed by atoms with van der Waals surface area (Å²) < 4.78 is 17.6. The van der Waals surface area contributed by atoms with Gasteiger partial charge in [-0.05, 0) is 62.7 Å². The maximum Gasteiger partial charge on any atom is 0.171 e. The maximum absolute atomic E-state index is 15.3. The summed E-state index contributed by atoms with van der Waals surface area (Å²) in [5, 5.41) is 7.76. The fourth-order valence-corrected chi connectivity index (χ4v) is 10.5. The minimum absolute atomic E-state index is 0.663. The predicted octanol–water partition coefficient (Wildman–Crippen LogP) is 11.9. The molecule has 1 unspecified atom stereocenters. The second-order valence-electron chi connectivity index (χ2n) is 12.8. The first kappa shape index (κ1) is 30.8. The molecule has 9 rings (SSSR count). The number of aromatic nitrogens is 2. The summed E-state index contributed by atoms with van der Waals surface area (Å²) in [6.45, 7) is 7.93. The van der Waals surface area contributed by atoms with E-state index in [0.29, 0.717) is 5.31 Å². The van der Waals surface area contributed by atoms with Crippen molar-refractivity contribution >= 4 is 66.9 Å². The molecule has 2 aromatic heterocycles. The number of nitrogens with zero attached hydrogens (tertiary/aromatic N) is 2. The second kappa shape index (κ2) is 12.2. The molecule has 0 spiro atoms. The summed E-state index contributed by atoms with van der Waals surface area (Å²) in [6.07, 6.45) is 5.20. The number of rotatable bonds is 7. The maximum atomic E-state index is 15.3. The standard InChI is InChI=1S/C47H33N2OP/c1-3-14-35(4-2)51(50,36-15-6-5-7-16-36)46-24-13-20-38-37(19-12-21-40(38)46)33-27-25-32(26-28-33)34-29-30-44-42(31-34)39-17-8-9-18-41(39)47-48-43-22-10-11-23-45(43)49(44)47/h3-31H,1-2H2/b35-14+. The van der Waals surface area contributed by atoms with Crippen molar-refractivity contribution in [2.75, 3.05) is 0 Å². The van der Waals surface area contributed by atoms with Gasteiger partial charge >= 0.3 is 0 Å². The topological polar surface area (TPSA) is 34.4 Å². The Morgan fingerprint density at radius 3 is 2.04 bits per heavy atom. The van der Waals surface area contributed by atoms with Gasteiger partial charge in [0.05, 0.1) is 16.6 Å². The van der Waals surface area contributed by atoms with Crippen LogP contribution >= 0.6 is 7.14 Å². The van der Waals surface area contributed by atoms with Crippen LogP contribution in [0.25, 0.3) is 71.4 Å². The van der Waals surface area contributed by atoms with Crippen LogP contribution in [-0.2, 0) is 4.57 Å². The van der Waals surface area contributed by atoms with Crippen LogP contribution in [0.4, 0.5) is 0 Å². The fraction of sp³-hybridized carbons (Fsp3) is 0. The molecule has 0 N–H and O–H groups in total. The average Bonchev–Trinajstić information content (AvgIpc) is 3.60. The van der Waals surface area contributed by atoms with Gasteiger partial charge < -0.3 is 4.57 Å². The number of hydrogen-bond donors (Lipinski definition) is 0. The summed E-state index contributed by atoms with van der Waals surface area (Å²) in [4.78, 5) is 5.03. The van der Waals surface area contributed by atoms with Crippen molar-refractivity contribution in [3.05, 3.63) is 194 Å². The highest BCUT2D eigenvalue weighted by Crippen LogP contribution is 2.54. The second-order valence-corrected chi connectivity index (χ2v) is 15.5. The van der Waals surface area contributed by atoms with Crippen LogP contribution in [0.15, 0.2) is 194 Å². The Balaban J connectivity index is 1.17. The molecule has 1 atom stereocenters. The van der Waals surface area contributed by atoms with Crippen LogP contribution in [-0.4, -0.2) is 9.38 Å². The molecule has 242 valence electrons. The van der Waals surface area contributed by atoms with Gasteiger partial charge in [-0.2, -0.15) is 0 Å². The summed E-state index contributed by atoms with van der Waals surface area (Å²) in [7, 11) is -3.25. The van der Waals surface area contributed by atoms with E-state index in [4.69, 9.17) is 4.98 Å². The molecule has 0 aliphatic heterocycles. The third-order valence-electron chi connectivity index (χ3n) is 10.0. The first-order valence-electron chi connectivity index (χ1n) is 17.1. The van der Waals surface area contributed by atoms with E-state index in [2.05, 4.69) is 127 Å². The van der Waals surface area contributed by atoms with Crippen LogP contribution in [0.2, 0.25) is 0 Å². The van der Waals surface area contributed by atoms with Gasteiger partial charge in [0, 0.05) is 26.7 Å². The van der Waals surface area contributed by atoms with Crippen molar-refractivity contribution in [3.63, 3.8) is 0 Å². The van der Waals surface area contributed by atoms with Crippen LogP contribution < -0.4 is 10.6 Å². The van der Waals surface area contributed by atoms with Crippen LogP contribution in [0.5, 0.6) is 0 Å². The van der Waals surface area contributed by atoms with Crippen molar-refractivity contribution in [1.82, 2.24) is 9.38 Å². The van der Waals surface area contributed by atoms with Gasteiger partial charge in [-0.3, -0.25) is 4.40 Å². The van der Waals surface area contributed by atoms with Gasteiger partial charge in [-0.15, -0.1) is 0 Å². The first-order valence-corrected chi connectivity index (χ1v) is 18.8. The monoisotopic (exact) mass is 672 g/mol. The van der Waals surface area contributed by atoms with E-state index in [9.17, 15) is 0 Å². The SMILES string of the molecule is C=C/C=C(\C=C)P(=O)(c1ccccc1)c1cccc2c(-c3ccc(-c4ccc5c(c4)c4ccccc4c4nc6ccccc6n54)cc3)cccc12. The number of hydrogen-bond acceptors (Lipinski definition) is 2. The fourth-order valence-electron chi connectivity index (χ4n) is 7.64. The van der Waals surface area contributed by atoms with E-state index >= 15 is 4.57 Å². The zero-order valence-corrected chi connectivity index (χ0v) is 28.8. The Labute approximate surface area is 296 Å². The molecule has 0 aliphatic rings. The lowest BCUT2D eigenvalue weighted by atomic mass is 9.95. The Kier molecular flexibility index (Phi) is 7.38. The lowest BCUT2D eigenvalue weighted by Crippen LogP contribution is -2.18. The van der Waals surface area contributed by atoms with Crippen LogP contribution in [0, 0.1) is 0 Å². The number of benzene rings is 7. The Hall–Kier alpha value is -6.28. The molecule has 0 fully saturated rings. The Morgan fingerprint density at radius 2 is 1.24 bits per heavy atom. The molecule has 3 nitrogen and oxygen atoms in total. The number of fused-ring (bicyclic) bond motifs is 9. The molecule has 0 radical (unpaired) electrons. The van der Waals surface area contributed by atoms with Gasteiger partial charge in [-0.1, -0.05) is 165 Å². The van der Waals surface area contributed by atoms with Gasteiger partial charge in [0.15, 0.2) is 7.14 Å². The third-order valence-corrected chi connectivity index (χ3v) is 13.2. The normalized spacial score (nSPS) is 13.2. The van der Waals surface area contributed by atoms with Crippen molar-refractivity contribution in [2.24, 2.45) is 0 Å². The Bertz CT molecular complexity index is 2920. The summed E-state index contributed by atoms with van der Waals surface area (Å²) in [5.41, 5.74) is 8.69. The molecule has 2 heterocycles. The van der Waals surface area contributed by atoms with E-state index in [1.165, 1.54) is 10.8 Å². The highest BCUT2D eigenvalue weighted by Gasteiger charge is 2.32. The van der Waals surface area contributed by atoms with Gasteiger partial charge in [0.1, 0.15) is 5.65 Å². The first-order chi connectivity index (χ1) is 25.1. The molecule has 0 saturated carbocycles. The highest BCUT2D eigenvalue weighted by atomic mass is 31.2. The minimum atomic E-state index is -3.25. The van der Waals surface area contributed by atoms with Crippen LogP contribution in [0.3, 0.4) is 0 Å². The van der Waals surface area contributed by atoms with E-state index in [-0.39, 0.29) is 0 Å². The number of imidazole rings is 1. The van der Waals surface area contributed by atoms with Crippen molar-refractivity contribution < 1.29 is 4.57 Å². The lowest BCUT2D eigenvalue weighted by molar-refractivity contribution is 0.591. The molecule has 0 amide bonds. The molecule has 7 aromatic carbocycles. The summed E-state index contributed by atoms with van der Waals surface area (Å²) in [6, 6.07) is 54.5. The third kappa shape index (κ3) is 4.81. The minimum Gasteiger partial charge on any atom is -0.309 e. The molecular formula is C47H33N2OP. The zero-order valence-electron chi connectivity index (χ0n) is 27.9. The molecule has 4 heteroatoms.